The standard InChI is InChI=1S/C15H19N3O/c1-11-10-18(7-6-16-11)15(19)8-12-9-17-14-5-3-2-4-13(12)14/h2-5,9,11,16-17H,6-8,10H2,1H3/t11-/m1/s1. The first kappa shape index (κ1) is 12.2. The number of piperazine rings is 1. The van der Waals surface area contributed by atoms with E-state index in [4.69, 9.17) is 0 Å². The van der Waals surface area contributed by atoms with E-state index in [0.717, 1.165) is 36.1 Å². The van der Waals surface area contributed by atoms with E-state index in [1.807, 2.05) is 29.3 Å². The molecule has 1 fully saturated rings. The van der Waals surface area contributed by atoms with Crippen LogP contribution in [0.4, 0.5) is 0 Å². The number of rotatable bonds is 2. The van der Waals surface area contributed by atoms with Crippen molar-refractivity contribution in [2.75, 3.05) is 19.6 Å². The molecule has 4 nitrogen and oxygen atoms in total. The highest BCUT2D eigenvalue weighted by atomic mass is 16.2. The molecule has 1 atom stereocenters. The van der Waals surface area contributed by atoms with Crippen LogP contribution >= 0.6 is 0 Å². The second-order valence-electron chi connectivity index (χ2n) is 5.23. The molecule has 19 heavy (non-hydrogen) atoms. The lowest BCUT2D eigenvalue weighted by Gasteiger charge is -2.32. The quantitative estimate of drug-likeness (QED) is 0.857. The Hall–Kier alpha value is -1.81. The summed E-state index contributed by atoms with van der Waals surface area (Å²) in [7, 11) is 0. The van der Waals surface area contributed by atoms with Crippen LogP contribution in [-0.4, -0.2) is 41.5 Å². The summed E-state index contributed by atoms with van der Waals surface area (Å²) in [6, 6.07) is 8.51. The van der Waals surface area contributed by atoms with E-state index >= 15 is 0 Å². The molecule has 3 rings (SSSR count). The van der Waals surface area contributed by atoms with Crippen LogP contribution in [0.25, 0.3) is 10.9 Å². The minimum atomic E-state index is 0.220. The van der Waals surface area contributed by atoms with E-state index in [2.05, 4.69) is 23.3 Å². The lowest BCUT2D eigenvalue weighted by Crippen LogP contribution is -2.51. The molecule has 0 bridgehead atoms. The Kier molecular flexibility index (Phi) is 3.25. The van der Waals surface area contributed by atoms with Crippen LogP contribution < -0.4 is 5.32 Å². The van der Waals surface area contributed by atoms with Gasteiger partial charge in [0.25, 0.3) is 0 Å². The summed E-state index contributed by atoms with van der Waals surface area (Å²) in [5.74, 6) is 0.220. The van der Waals surface area contributed by atoms with Gasteiger partial charge in [-0.1, -0.05) is 18.2 Å². The molecule has 1 aliphatic rings. The number of hydrogen-bond donors (Lipinski definition) is 2. The number of aromatic amines is 1. The zero-order chi connectivity index (χ0) is 13.2. The lowest BCUT2D eigenvalue weighted by molar-refractivity contribution is -0.131. The number of H-pyrrole nitrogens is 1. The molecule has 2 heterocycles. The van der Waals surface area contributed by atoms with Gasteiger partial charge in [-0.05, 0) is 18.6 Å². The zero-order valence-corrected chi connectivity index (χ0v) is 11.1. The average Bonchev–Trinajstić information content (AvgIpc) is 2.82. The third-order valence-corrected chi connectivity index (χ3v) is 3.74. The maximum atomic E-state index is 12.3. The summed E-state index contributed by atoms with van der Waals surface area (Å²) in [4.78, 5) is 17.5. The van der Waals surface area contributed by atoms with Gasteiger partial charge in [0, 0.05) is 42.8 Å². The Labute approximate surface area is 112 Å². The number of carbonyl (C=O) groups excluding carboxylic acids is 1. The van der Waals surface area contributed by atoms with Gasteiger partial charge >= 0.3 is 0 Å². The van der Waals surface area contributed by atoms with Crippen LogP contribution in [0, 0.1) is 0 Å². The van der Waals surface area contributed by atoms with Crippen molar-refractivity contribution in [2.24, 2.45) is 0 Å². The average molecular weight is 257 g/mol. The van der Waals surface area contributed by atoms with Gasteiger partial charge in [0.15, 0.2) is 0 Å². The Morgan fingerprint density at radius 1 is 1.42 bits per heavy atom. The highest BCUT2D eigenvalue weighted by molar-refractivity contribution is 5.88. The molecule has 0 aliphatic carbocycles. The lowest BCUT2D eigenvalue weighted by atomic mass is 10.1. The van der Waals surface area contributed by atoms with Crippen molar-refractivity contribution in [3.8, 4) is 0 Å². The van der Waals surface area contributed by atoms with Crippen LogP contribution in [0.2, 0.25) is 0 Å². The summed E-state index contributed by atoms with van der Waals surface area (Å²) < 4.78 is 0. The smallest absolute Gasteiger partial charge is 0.227 e. The fraction of sp³-hybridized carbons (Fsp3) is 0.400. The number of nitrogens with zero attached hydrogens (tertiary/aromatic N) is 1. The van der Waals surface area contributed by atoms with E-state index < -0.39 is 0 Å². The Morgan fingerprint density at radius 2 is 2.26 bits per heavy atom. The molecular weight excluding hydrogens is 238 g/mol. The Morgan fingerprint density at radius 3 is 3.11 bits per heavy atom. The van der Waals surface area contributed by atoms with Crippen molar-refractivity contribution < 1.29 is 4.79 Å². The predicted octanol–water partition coefficient (Wildman–Crippen LogP) is 1.53. The highest BCUT2D eigenvalue weighted by Gasteiger charge is 2.21. The molecule has 1 aliphatic heterocycles. The molecule has 1 aromatic heterocycles. The molecule has 1 amide bonds. The van der Waals surface area contributed by atoms with Gasteiger partial charge in [0.1, 0.15) is 0 Å². The van der Waals surface area contributed by atoms with Crippen LogP contribution in [0.15, 0.2) is 30.5 Å². The van der Waals surface area contributed by atoms with Gasteiger partial charge in [-0.3, -0.25) is 4.79 Å². The molecule has 0 saturated carbocycles. The van der Waals surface area contributed by atoms with Crippen LogP contribution in [0.1, 0.15) is 12.5 Å². The summed E-state index contributed by atoms with van der Waals surface area (Å²) in [5.41, 5.74) is 2.19. The largest absolute Gasteiger partial charge is 0.361 e. The van der Waals surface area contributed by atoms with Crippen molar-refractivity contribution in [2.45, 2.75) is 19.4 Å². The topological polar surface area (TPSA) is 48.1 Å². The third kappa shape index (κ3) is 2.49. The zero-order valence-electron chi connectivity index (χ0n) is 11.1. The van der Waals surface area contributed by atoms with E-state index in [-0.39, 0.29) is 5.91 Å². The molecular formula is C15H19N3O. The monoisotopic (exact) mass is 257 g/mol. The first-order valence-corrected chi connectivity index (χ1v) is 6.80. The molecule has 1 aromatic carbocycles. The van der Waals surface area contributed by atoms with Crippen molar-refractivity contribution in [3.05, 3.63) is 36.0 Å². The normalized spacial score (nSPS) is 19.8. The Bertz CT molecular complexity index is 590. The Balaban J connectivity index is 1.75. The summed E-state index contributed by atoms with van der Waals surface area (Å²) in [6.07, 6.45) is 2.44. The third-order valence-electron chi connectivity index (χ3n) is 3.74. The molecule has 0 spiro atoms. The fourth-order valence-electron chi connectivity index (χ4n) is 2.71. The van der Waals surface area contributed by atoms with Gasteiger partial charge in [-0.15, -0.1) is 0 Å². The molecule has 2 N–H and O–H groups in total. The van der Waals surface area contributed by atoms with Crippen molar-refractivity contribution in [1.82, 2.24) is 15.2 Å². The molecule has 100 valence electrons. The second-order valence-corrected chi connectivity index (χ2v) is 5.23. The van der Waals surface area contributed by atoms with Gasteiger partial charge < -0.3 is 15.2 Å². The molecule has 0 unspecified atom stereocenters. The summed E-state index contributed by atoms with van der Waals surface area (Å²) >= 11 is 0. The van der Waals surface area contributed by atoms with Crippen LogP contribution in [0.3, 0.4) is 0 Å². The van der Waals surface area contributed by atoms with Crippen LogP contribution in [0.5, 0.6) is 0 Å². The molecule has 2 aromatic rings. The minimum Gasteiger partial charge on any atom is -0.361 e. The van der Waals surface area contributed by atoms with Gasteiger partial charge in [-0.2, -0.15) is 0 Å². The fourth-order valence-corrected chi connectivity index (χ4v) is 2.71. The maximum absolute atomic E-state index is 12.3. The first-order chi connectivity index (χ1) is 9.24. The highest BCUT2D eigenvalue weighted by Crippen LogP contribution is 2.18. The molecule has 4 heteroatoms. The van der Waals surface area contributed by atoms with Gasteiger partial charge in [0.05, 0.1) is 6.42 Å². The summed E-state index contributed by atoms with van der Waals surface area (Å²) in [5, 5.41) is 4.51. The second kappa shape index (κ2) is 5.05. The first-order valence-electron chi connectivity index (χ1n) is 6.80. The van der Waals surface area contributed by atoms with E-state index in [0.29, 0.717) is 12.5 Å². The molecule has 0 radical (unpaired) electrons. The number of aromatic nitrogens is 1. The van der Waals surface area contributed by atoms with E-state index in [9.17, 15) is 4.79 Å². The van der Waals surface area contributed by atoms with Crippen molar-refractivity contribution >= 4 is 16.8 Å². The maximum Gasteiger partial charge on any atom is 0.227 e. The number of para-hydroxylation sites is 1. The number of nitrogens with one attached hydrogen (secondary N) is 2. The SMILES string of the molecule is C[C@@H]1CN(C(=O)Cc2c[nH]c3ccccc23)CCN1. The number of hydrogen-bond acceptors (Lipinski definition) is 2. The van der Waals surface area contributed by atoms with Crippen LogP contribution in [-0.2, 0) is 11.2 Å². The van der Waals surface area contributed by atoms with Gasteiger partial charge in [-0.25, -0.2) is 0 Å². The number of amides is 1. The van der Waals surface area contributed by atoms with E-state index in [1.54, 1.807) is 0 Å². The predicted molar refractivity (Wildman–Crippen MR) is 76.0 cm³/mol. The summed E-state index contributed by atoms with van der Waals surface area (Å²) in [6.45, 7) is 4.62. The molecule has 1 saturated heterocycles. The number of fused-ring (bicyclic) bond motifs is 1. The van der Waals surface area contributed by atoms with Crippen molar-refractivity contribution in [3.63, 3.8) is 0 Å². The van der Waals surface area contributed by atoms with Gasteiger partial charge in [0.2, 0.25) is 5.91 Å². The number of benzene rings is 1. The van der Waals surface area contributed by atoms with E-state index in [1.165, 1.54) is 0 Å². The minimum absolute atomic E-state index is 0.220. The number of carbonyl (C=O) groups is 1. The van der Waals surface area contributed by atoms with Crippen molar-refractivity contribution in [1.29, 1.82) is 0 Å².